The van der Waals surface area contributed by atoms with E-state index in [1.165, 1.54) is 0 Å². The van der Waals surface area contributed by atoms with Crippen molar-refractivity contribution in [1.82, 2.24) is 14.8 Å². The van der Waals surface area contributed by atoms with Crippen LogP contribution in [-0.4, -0.2) is 25.8 Å². The Hall–Kier alpha value is -2.56. The number of nitrogens with one attached hydrogen (secondary N) is 1. The van der Waals surface area contributed by atoms with E-state index in [1.807, 2.05) is 42.1 Å². The Balaban J connectivity index is 2.21. The van der Waals surface area contributed by atoms with Gasteiger partial charge >= 0.3 is 5.97 Å². The summed E-state index contributed by atoms with van der Waals surface area (Å²) in [7, 11) is 1.97. The van der Waals surface area contributed by atoms with Crippen molar-refractivity contribution in [2.45, 2.75) is 0 Å². The molecule has 5 heteroatoms. The van der Waals surface area contributed by atoms with Crippen LogP contribution < -0.4 is 0 Å². The van der Waals surface area contributed by atoms with E-state index in [-0.39, 0.29) is 5.69 Å². The second-order valence-electron chi connectivity index (χ2n) is 4.14. The minimum Gasteiger partial charge on any atom is -0.477 e. The van der Waals surface area contributed by atoms with Gasteiger partial charge in [-0.25, -0.2) is 4.79 Å². The summed E-state index contributed by atoms with van der Waals surface area (Å²) >= 11 is 0. The first-order chi connectivity index (χ1) is 8.66. The lowest BCUT2D eigenvalue weighted by Gasteiger charge is -2.00. The topological polar surface area (TPSA) is 70.9 Å². The van der Waals surface area contributed by atoms with Crippen molar-refractivity contribution < 1.29 is 9.90 Å². The van der Waals surface area contributed by atoms with Crippen LogP contribution >= 0.6 is 0 Å². The summed E-state index contributed by atoms with van der Waals surface area (Å²) < 4.78 is 2.02. The minimum absolute atomic E-state index is 0.0953. The van der Waals surface area contributed by atoms with Crippen molar-refractivity contribution in [2.75, 3.05) is 0 Å². The molecule has 0 unspecified atom stereocenters. The van der Waals surface area contributed by atoms with Gasteiger partial charge < -0.3 is 9.67 Å². The molecule has 0 radical (unpaired) electrons. The van der Waals surface area contributed by atoms with E-state index in [9.17, 15) is 4.79 Å². The molecule has 0 fully saturated rings. The molecule has 0 bridgehead atoms. The van der Waals surface area contributed by atoms with Gasteiger partial charge in [0.2, 0.25) is 0 Å². The van der Waals surface area contributed by atoms with Gasteiger partial charge in [0.25, 0.3) is 0 Å². The highest BCUT2D eigenvalue weighted by Crippen LogP contribution is 2.28. The number of aryl methyl sites for hydroxylation is 1. The molecule has 5 nitrogen and oxygen atoms in total. The lowest BCUT2D eigenvalue weighted by Crippen LogP contribution is -1.95. The summed E-state index contributed by atoms with van der Waals surface area (Å²) in [5, 5.41) is 16.5. The number of rotatable bonds is 2. The molecular formula is C13H11N3O2. The lowest BCUT2D eigenvalue weighted by atomic mass is 10.1. The minimum atomic E-state index is -1.01. The molecule has 90 valence electrons. The summed E-state index contributed by atoms with van der Waals surface area (Å²) in [5.74, 6) is -1.01. The maximum absolute atomic E-state index is 10.8. The fourth-order valence-electron chi connectivity index (χ4n) is 2.09. The standard InChI is InChI=1S/C13H11N3O2/c1-16-6-5-9-8(3-2-4-12(9)16)10-7-11(13(17)18)15-14-10/h2-7H,1H3,(H,14,15)(H,17,18). The molecular weight excluding hydrogens is 230 g/mol. The molecule has 0 saturated carbocycles. The Morgan fingerprint density at radius 3 is 2.94 bits per heavy atom. The number of nitrogens with zero attached hydrogens (tertiary/aromatic N) is 2. The molecule has 0 spiro atoms. The van der Waals surface area contributed by atoms with Gasteiger partial charge in [0.1, 0.15) is 5.69 Å². The number of aromatic amines is 1. The third-order valence-electron chi connectivity index (χ3n) is 3.01. The molecule has 0 amide bonds. The van der Waals surface area contributed by atoms with E-state index >= 15 is 0 Å². The van der Waals surface area contributed by atoms with Crippen molar-refractivity contribution in [2.24, 2.45) is 7.05 Å². The van der Waals surface area contributed by atoms with E-state index in [0.717, 1.165) is 16.5 Å². The zero-order valence-corrected chi connectivity index (χ0v) is 9.71. The predicted molar refractivity (Wildman–Crippen MR) is 67.5 cm³/mol. The maximum atomic E-state index is 10.8. The van der Waals surface area contributed by atoms with Gasteiger partial charge in [-0.1, -0.05) is 12.1 Å². The van der Waals surface area contributed by atoms with Crippen LogP contribution in [0.2, 0.25) is 0 Å². The number of aromatic carboxylic acids is 1. The van der Waals surface area contributed by atoms with Gasteiger partial charge in [-0.05, 0) is 18.2 Å². The van der Waals surface area contributed by atoms with Crippen LogP contribution in [0.15, 0.2) is 36.5 Å². The van der Waals surface area contributed by atoms with E-state index in [1.54, 1.807) is 6.07 Å². The highest BCUT2D eigenvalue weighted by atomic mass is 16.4. The summed E-state index contributed by atoms with van der Waals surface area (Å²) in [6.45, 7) is 0. The highest BCUT2D eigenvalue weighted by molar-refractivity contribution is 5.96. The molecule has 1 aromatic carbocycles. The fraction of sp³-hybridized carbons (Fsp3) is 0.0769. The Morgan fingerprint density at radius 2 is 2.22 bits per heavy atom. The molecule has 0 aliphatic carbocycles. The van der Waals surface area contributed by atoms with Gasteiger partial charge in [-0.3, -0.25) is 5.10 Å². The van der Waals surface area contributed by atoms with Crippen molar-refractivity contribution in [3.05, 3.63) is 42.2 Å². The molecule has 3 rings (SSSR count). The summed E-state index contributed by atoms with van der Waals surface area (Å²) in [5.41, 5.74) is 2.76. The number of hydrogen-bond acceptors (Lipinski definition) is 2. The first-order valence-corrected chi connectivity index (χ1v) is 5.50. The highest BCUT2D eigenvalue weighted by Gasteiger charge is 2.12. The van der Waals surface area contributed by atoms with E-state index in [2.05, 4.69) is 10.2 Å². The largest absolute Gasteiger partial charge is 0.477 e. The summed E-state index contributed by atoms with van der Waals surface area (Å²) in [6.07, 6.45) is 1.97. The van der Waals surface area contributed by atoms with Crippen molar-refractivity contribution >= 4 is 16.9 Å². The number of benzene rings is 1. The van der Waals surface area contributed by atoms with Crippen molar-refractivity contribution in [1.29, 1.82) is 0 Å². The SMILES string of the molecule is Cn1ccc2c(-c3cc(C(=O)O)[nH]n3)cccc21. The molecule has 18 heavy (non-hydrogen) atoms. The normalized spacial score (nSPS) is 10.9. The first-order valence-electron chi connectivity index (χ1n) is 5.50. The zero-order valence-electron chi connectivity index (χ0n) is 9.71. The molecule has 2 aromatic heterocycles. The Labute approximate surface area is 103 Å². The Kier molecular flexibility index (Phi) is 2.19. The van der Waals surface area contributed by atoms with Gasteiger partial charge in [0, 0.05) is 29.7 Å². The predicted octanol–water partition coefficient (Wildman–Crippen LogP) is 2.27. The quantitative estimate of drug-likeness (QED) is 0.723. The van der Waals surface area contributed by atoms with E-state index in [4.69, 9.17) is 5.11 Å². The Bertz CT molecular complexity index is 740. The second-order valence-corrected chi connectivity index (χ2v) is 4.14. The lowest BCUT2D eigenvalue weighted by molar-refractivity contribution is 0.0690. The fourth-order valence-corrected chi connectivity index (χ4v) is 2.09. The monoisotopic (exact) mass is 241 g/mol. The maximum Gasteiger partial charge on any atom is 0.353 e. The number of carbonyl (C=O) groups is 1. The van der Waals surface area contributed by atoms with Crippen LogP contribution in [-0.2, 0) is 7.05 Å². The molecule has 2 heterocycles. The number of hydrogen-bond donors (Lipinski definition) is 2. The Morgan fingerprint density at radius 1 is 1.39 bits per heavy atom. The van der Waals surface area contributed by atoms with Crippen LogP contribution in [0.25, 0.3) is 22.2 Å². The van der Waals surface area contributed by atoms with Gasteiger partial charge in [-0.2, -0.15) is 5.10 Å². The van der Waals surface area contributed by atoms with Crippen LogP contribution in [0.3, 0.4) is 0 Å². The molecule has 0 saturated heterocycles. The van der Waals surface area contributed by atoms with E-state index in [0.29, 0.717) is 5.69 Å². The number of carboxylic acid groups (broad SMARTS) is 1. The molecule has 2 N–H and O–H groups in total. The van der Waals surface area contributed by atoms with Crippen LogP contribution in [0, 0.1) is 0 Å². The van der Waals surface area contributed by atoms with Crippen LogP contribution in [0.1, 0.15) is 10.5 Å². The summed E-state index contributed by atoms with van der Waals surface area (Å²) in [6, 6.07) is 9.43. The van der Waals surface area contributed by atoms with Crippen molar-refractivity contribution in [3.63, 3.8) is 0 Å². The first kappa shape index (κ1) is 10.6. The molecule has 0 aliphatic rings. The smallest absolute Gasteiger partial charge is 0.353 e. The third-order valence-corrected chi connectivity index (χ3v) is 3.01. The average Bonchev–Trinajstić information content (AvgIpc) is 2.97. The molecule has 3 aromatic rings. The molecule has 0 aliphatic heterocycles. The zero-order chi connectivity index (χ0) is 12.7. The van der Waals surface area contributed by atoms with Crippen LogP contribution in [0.5, 0.6) is 0 Å². The third kappa shape index (κ3) is 1.48. The summed E-state index contributed by atoms with van der Waals surface area (Å²) in [4.78, 5) is 10.8. The molecule has 0 atom stereocenters. The van der Waals surface area contributed by atoms with Gasteiger partial charge in [-0.15, -0.1) is 0 Å². The number of aromatic nitrogens is 3. The van der Waals surface area contributed by atoms with E-state index < -0.39 is 5.97 Å². The number of fused-ring (bicyclic) bond motifs is 1. The number of H-pyrrole nitrogens is 1. The average molecular weight is 241 g/mol. The van der Waals surface area contributed by atoms with Crippen LogP contribution in [0.4, 0.5) is 0 Å². The second kappa shape index (κ2) is 3.73. The van der Waals surface area contributed by atoms with Gasteiger partial charge in [0.05, 0.1) is 5.69 Å². The van der Waals surface area contributed by atoms with Gasteiger partial charge in [0.15, 0.2) is 0 Å². The number of carboxylic acids is 1. The van der Waals surface area contributed by atoms with Crippen molar-refractivity contribution in [3.8, 4) is 11.3 Å².